The van der Waals surface area contributed by atoms with Crippen molar-refractivity contribution in [1.29, 1.82) is 0 Å². The van der Waals surface area contributed by atoms with Crippen molar-refractivity contribution in [2.24, 2.45) is 0 Å². The van der Waals surface area contributed by atoms with Crippen molar-refractivity contribution in [3.63, 3.8) is 0 Å². The van der Waals surface area contributed by atoms with Gasteiger partial charge in [0.2, 0.25) is 6.79 Å². The van der Waals surface area contributed by atoms with E-state index in [2.05, 4.69) is 0 Å². The predicted octanol–water partition coefficient (Wildman–Crippen LogP) is 1.07. The zero-order valence-electron chi connectivity index (χ0n) is 4.67. The van der Waals surface area contributed by atoms with Crippen LogP contribution in [0.4, 0.5) is 0 Å². The molecule has 1 aliphatic carbocycles. The molecule has 0 aromatic carbocycles. The van der Waals surface area contributed by atoms with E-state index in [0.29, 0.717) is 12.2 Å². The molecule has 0 amide bonds. The SMILES string of the molecule is [CH]1OC2CCCC2O1. The molecule has 2 nitrogen and oxygen atoms in total. The fourth-order valence-corrected chi connectivity index (χ4v) is 1.38. The Morgan fingerprint density at radius 1 is 1.12 bits per heavy atom. The van der Waals surface area contributed by atoms with Gasteiger partial charge in [-0.2, -0.15) is 0 Å². The fourth-order valence-electron chi connectivity index (χ4n) is 1.38. The van der Waals surface area contributed by atoms with Crippen LogP contribution in [0.25, 0.3) is 0 Å². The van der Waals surface area contributed by atoms with Crippen molar-refractivity contribution >= 4 is 0 Å². The van der Waals surface area contributed by atoms with Crippen LogP contribution < -0.4 is 0 Å². The van der Waals surface area contributed by atoms with Crippen molar-refractivity contribution in [2.45, 2.75) is 31.5 Å². The summed E-state index contributed by atoms with van der Waals surface area (Å²) in [5, 5.41) is 0. The van der Waals surface area contributed by atoms with Gasteiger partial charge in [0.15, 0.2) is 0 Å². The molecule has 2 heteroatoms. The van der Waals surface area contributed by atoms with E-state index in [0.717, 1.165) is 0 Å². The van der Waals surface area contributed by atoms with Crippen LogP contribution in [0.3, 0.4) is 0 Å². The Morgan fingerprint density at radius 2 is 1.75 bits per heavy atom. The summed E-state index contributed by atoms with van der Waals surface area (Å²) in [5.74, 6) is 0. The quantitative estimate of drug-likeness (QED) is 0.468. The van der Waals surface area contributed by atoms with Gasteiger partial charge in [-0.3, -0.25) is 0 Å². The van der Waals surface area contributed by atoms with E-state index in [4.69, 9.17) is 9.47 Å². The Kier molecular flexibility index (Phi) is 1.02. The molecule has 45 valence electrons. The molecular weight excluding hydrogens is 104 g/mol. The first-order valence-corrected chi connectivity index (χ1v) is 3.09. The first kappa shape index (κ1) is 4.77. The Labute approximate surface area is 48.8 Å². The highest BCUT2D eigenvalue weighted by molar-refractivity contribution is 4.83. The Bertz CT molecular complexity index is 72.5. The molecule has 2 atom stereocenters. The van der Waals surface area contributed by atoms with Crippen molar-refractivity contribution in [3.05, 3.63) is 6.79 Å². The smallest absolute Gasteiger partial charge is 0.210 e. The summed E-state index contributed by atoms with van der Waals surface area (Å²) in [4.78, 5) is 0. The first-order valence-electron chi connectivity index (χ1n) is 3.09. The van der Waals surface area contributed by atoms with E-state index in [1.807, 2.05) is 0 Å². The second-order valence-electron chi connectivity index (χ2n) is 2.38. The molecule has 1 saturated carbocycles. The third-order valence-electron chi connectivity index (χ3n) is 1.85. The van der Waals surface area contributed by atoms with Crippen molar-refractivity contribution in [3.8, 4) is 0 Å². The van der Waals surface area contributed by atoms with Crippen LogP contribution in [0.15, 0.2) is 0 Å². The van der Waals surface area contributed by atoms with E-state index in [-0.39, 0.29) is 0 Å². The van der Waals surface area contributed by atoms with Gasteiger partial charge in [0, 0.05) is 0 Å². The third-order valence-corrected chi connectivity index (χ3v) is 1.85. The maximum atomic E-state index is 5.13. The molecule has 1 radical (unpaired) electrons. The topological polar surface area (TPSA) is 18.5 Å². The first-order chi connectivity index (χ1) is 3.97. The summed E-state index contributed by atoms with van der Waals surface area (Å²) < 4.78 is 10.3. The van der Waals surface area contributed by atoms with Gasteiger partial charge in [-0.1, -0.05) is 0 Å². The van der Waals surface area contributed by atoms with Crippen LogP contribution in [0, 0.1) is 6.79 Å². The Hall–Kier alpha value is -0.0800. The average molecular weight is 113 g/mol. The zero-order valence-corrected chi connectivity index (χ0v) is 4.67. The maximum Gasteiger partial charge on any atom is 0.210 e. The van der Waals surface area contributed by atoms with Crippen LogP contribution >= 0.6 is 0 Å². The van der Waals surface area contributed by atoms with Gasteiger partial charge in [-0.05, 0) is 19.3 Å². The molecule has 8 heavy (non-hydrogen) atoms. The van der Waals surface area contributed by atoms with E-state index in [1.54, 1.807) is 0 Å². The minimum atomic E-state index is 0.398. The molecule has 1 heterocycles. The van der Waals surface area contributed by atoms with Crippen LogP contribution in [0.2, 0.25) is 0 Å². The minimum absolute atomic E-state index is 0.398. The normalized spacial score (nSPS) is 45.0. The second-order valence-corrected chi connectivity index (χ2v) is 2.38. The summed E-state index contributed by atoms with van der Waals surface area (Å²) >= 11 is 0. The number of hydrogen-bond acceptors (Lipinski definition) is 2. The summed E-state index contributed by atoms with van der Waals surface area (Å²) in [7, 11) is 0. The highest BCUT2D eigenvalue weighted by atomic mass is 16.7. The molecule has 0 bridgehead atoms. The molecule has 0 spiro atoms. The largest absolute Gasteiger partial charge is 0.342 e. The summed E-state index contributed by atoms with van der Waals surface area (Å²) in [6.07, 6.45) is 4.43. The van der Waals surface area contributed by atoms with Gasteiger partial charge in [-0.25, -0.2) is 0 Å². The molecule has 0 aromatic heterocycles. The lowest BCUT2D eigenvalue weighted by Crippen LogP contribution is -2.13. The molecular formula is C6H9O2. The van der Waals surface area contributed by atoms with E-state index in [1.165, 1.54) is 26.1 Å². The highest BCUT2D eigenvalue weighted by Gasteiger charge is 2.33. The zero-order chi connectivity index (χ0) is 5.40. The number of ether oxygens (including phenoxy) is 2. The average Bonchev–Trinajstić information content (AvgIpc) is 2.15. The van der Waals surface area contributed by atoms with Crippen LogP contribution in [0.5, 0.6) is 0 Å². The summed E-state index contributed by atoms with van der Waals surface area (Å²) in [6, 6.07) is 0. The Balaban J connectivity index is 2.04. The molecule has 2 aliphatic rings. The lowest BCUT2D eigenvalue weighted by Gasteiger charge is -2.01. The molecule has 1 aliphatic heterocycles. The van der Waals surface area contributed by atoms with Gasteiger partial charge in [0.05, 0.1) is 12.2 Å². The van der Waals surface area contributed by atoms with Crippen molar-refractivity contribution in [1.82, 2.24) is 0 Å². The van der Waals surface area contributed by atoms with Gasteiger partial charge in [0.1, 0.15) is 0 Å². The van der Waals surface area contributed by atoms with E-state index >= 15 is 0 Å². The van der Waals surface area contributed by atoms with Gasteiger partial charge >= 0.3 is 0 Å². The maximum absolute atomic E-state index is 5.13. The van der Waals surface area contributed by atoms with Gasteiger partial charge in [-0.15, -0.1) is 0 Å². The standard InChI is InChI=1S/C6H9O2/c1-2-5-6(3-1)8-4-7-5/h4-6H,1-3H2. The molecule has 2 fully saturated rings. The fraction of sp³-hybridized carbons (Fsp3) is 0.833. The van der Waals surface area contributed by atoms with Crippen LogP contribution in [-0.4, -0.2) is 12.2 Å². The summed E-state index contributed by atoms with van der Waals surface area (Å²) in [6.45, 7) is 1.48. The summed E-state index contributed by atoms with van der Waals surface area (Å²) in [5.41, 5.74) is 0. The molecule has 2 rings (SSSR count). The van der Waals surface area contributed by atoms with Crippen molar-refractivity contribution in [2.75, 3.05) is 0 Å². The van der Waals surface area contributed by atoms with E-state index < -0.39 is 0 Å². The van der Waals surface area contributed by atoms with Crippen LogP contribution in [0.1, 0.15) is 19.3 Å². The molecule has 2 unspecified atom stereocenters. The monoisotopic (exact) mass is 113 g/mol. The molecule has 1 saturated heterocycles. The highest BCUT2D eigenvalue weighted by Crippen LogP contribution is 2.30. The number of rotatable bonds is 0. The molecule has 0 aromatic rings. The van der Waals surface area contributed by atoms with Crippen LogP contribution in [-0.2, 0) is 9.47 Å². The number of hydrogen-bond donors (Lipinski definition) is 0. The third kappa shape index (κ3) is 0.565. The van der Waals surface area contributed by atoms with E-state index in [9.17, 15) is 0 Å². The Morgan fingerprint density at radius 3 is 2.38 bits per heavy atom. The lowest BCUT2D eigenvalue weighted by molar-refractivity contribution is 0.111. The van der Waals surface area contributed by atoms with Crippen molar-refractivity contribution < 1.29 is 9.47 Å². The van der Waals surface area contributed by atoms with Gasteiger partial charge < -0.3 is 9.47 Å². The minimum Gasteiger partial charge on any atom is -0.342 e. The number of fused-ring (bicyclic) bond motifs is 1. The predicted molar refractivity (Wildman–Crippen MR) is 27.9 cm³/mol. The second kappa shape index (κ2) is 1.71. The van der Waals surface area contributed by atoms with Gasteiger partial charge in [0.25, 0.3) is 0 Å². The molecule has 0 N–H and O–H groups in total. The lowest BCUT2D eigenvalue weighted by atomic mass is 10.3.